The second-order valence-corrected chi connectivity index (χ2v) is 3.76. The van der Waals surface area contributed by atoms with Crippen LogP contribution in [0.5, 0.6) is 0 Å². The summed E-state index contributed by atoms with van der Waals surface area (Å²) in [7, 11) is 0. The molecule has 0 radical (unpaired) electrons. The van der Waals surface area contributed by atoms with Crippen LogP contribution in [0, 0.1) is 0 Å². The minimum absolute atomic E-state index is 0.250. The fourth-order valence-electron chi connectivity index (χ4n) is 1.24. The first-order valence-corrected chi connectivity index (χ1v) is 5.70. The van der Waals surface area contributed by atoms with Crippen LogP contribution in [-0.2, 0) is 16.5 Å². The zero-order valence-corrected chi connectivity index (χ0v) is 9.46. The molecular formula is C11H13BrO2. The summed E-state index contributed by atoms with van der Waals surface area (Å²) < 4.78 is 0. The van der Waals surface area contributed by atoms with Crippen LogP contribution in [0.1, 0.15) is 24.0 Å². The van der Waals surface area contributed by atoms with Gasteiger partial charge in [-0.05, 0) is 24.0 Å². The highest BCUT2D eigenvalue weighted by atomic mass is 79.9. The maximum atomic E-state index is 10.3. The molecule has 1 rings (SSSR count). The lowest BCUT2D eigenvalue weighted by atomic mass is 10.1. The molecule has 1 aromatic rings. The van der Waals surface area contributed by atoms with Gasteiger partial charge in [-0.3, -0.25) is 4.79 Å². The molecule has 0 atom stereocenters. The quantitative estimate of drug-likeness (QED) is 0.823. The molecule has 0 spiro atoms. The highest BCUT2D eigenvalue weighted by Gasteiger charge is 1.98. The molecule has 0 bridgehead atoms. The standard InChI is InChI=1S/C11H13BrO2/c12-8-10-6-4-9(5-7-10)2-1-3-11(13)14/h4-7H,1-3,8H2,(H,13,14). The largest absolute Gasteiger partial charge is 0.481 e. The highest BCUT2D eigenvalue weighted by molar-refractivity contribution is 9.08. The molecule has 0 unspecified atom stereocenters. The summed E-state index contributed by atoms with van der Waals surface area (Å²) in [5, 5.41) is 9.33. The maximum absolute atomic E-state index is 10.3. The molecule has 14 heavy (non-hydrogen) atoms. The van der Waals surface area contributed by atoms with Crippen LogP contribution < -0.4 is 0 Å². The van der Waals surface area contributed by atoms with E-state index in [1.54, 1.807) is 0 Å². The maximum Gasteiger partial charge on any atom is 0.303 e. The summed E-state index contributed by atoms with van der Waals surface area (Å²) in [6.07, 6.45) is 1.80. The van der Waals surface area contributed by atoms with Gasteiger partial charge in [0.05, 0.1) is 0 Å². The number of carbonyl (C=O) groups is 1. The molecule has 0 amide bonds. The van der Waals surface area contributed by atoms with Gasteiger partial charge in [0.25, 0.3) is 0 Å². The summed E-state index contributed by atoms with van der Waals surface area (Å²) in [5.41, 5.74) is 2.45. The molecule has 0 saturated heterocycles. The van der Waals surface area contributed by atoms with Crippen LogP contribution in [0.4, 0.5) is 0 Å². The third kappa shape index (κ3) is 3.92. The number of alkyl halides is 1. The van der Waals surface area contributed by atoms with Crippen molar-refractivity contribution in [2.75, 3.05) is 0 Å². The Morgan fingerprint density at radius 3 is 2.29 bits per heavy atom. The molecule has 0 aliphatic rings. The van der Waals surface area contributed by atoms with E-state index in [0.717, 1.165) is 11.8 Å². The molecule has 2 nitrogen and oxygen atoms in total. The second kappa shape index (κ2) is 5.81. The first kappa shape index (κ1) is 11.2. The molecule has 1 aromatic carbocycles. The molecule has 0 heterocycles. The number of halogens is 1. The Balaban J connectivity index is 2.40. The van der Waals surface area contributed by atoms with Gasteiger partial charge in [0.15, 0.2) is 0 Å². The average molecular weight is 257 g/mol. The van der Waals surface area contributed by atoms with Crippen molar-refractivity contribution in [3.8, 4) is 0 Å². The van der Waals surface area contributed by atoms with E-state index in [0.29, 0.717) is 6.42 Å². The number of aliphatic carboxylic acids is 1. The Hall–Kier alpha value is -0.830. The fourth-order valence-corrected chi connectivity index (χ4v) is 1.61. The van der Waals surface area contributed by atoms with Gasteiger partial charge in [-0.15, -0.1) is 0 Å². The normalized spacial score (nSPS) is 10.1. The van der Waals surface area contributed by atoms with E-state index in [4.69, 9.17) is 5.11 Å². The summed E-state index contributed by atoms with van der Waals surface area (Å²) in [6.45, 7) is 0. The van der Waals surface area contributed by atoms with Crippen LogP contribution in [-0.4, -0.2) is 11.1 Å². The minimum atomic E-state index is -0.720. The number of hydrogen-bond donors (Lipinski definition) is 1. The zero-order chi connectivity index (χ0) is 10.4. The van der Waals surface area contributed by atoms with Gasteiger partial charge in [0.1, 0.15) is 0 Å². The molecule has 0 aliphatic carbocycles. The van der Waals surface area contributed by atoms with Crippen molar-refractivity contribution in [1.29, 1.82) is 0 Å². The lowest BCUT2D eigenvalue weighted by molar-refractivity contribution is -0.137. The molecule has 0 aliphatic heterocycles. The fraction of sp³-hybridized carbons (Fsp3) is 0.364. The summed E-state index contributed by atoms with van der Waals surface area (Å²) in [6, 6.07) is 8.23. The first-order valence-electron chi connectivity index (χ1n) is 4.58. The molecular weight excluding hydrogens is 244 g/mol. The number of carboxylic acid groups (broad SMARTS) is 1. The van der Waals surface area contributed by atoms with Gasteiger partial charge in [0.2, 0.25) is 0 Å². The van der Waals surface area contributed by atoms with E-state index in [9.17, 15) is 4.79 Å². The van der Waals surface area contributed by atoms with Gasteiger partial charge in [0, 0.05) is 11.8 Å². The smallest absolute Gasteiger partial charge is 0.303 e. The van der Waals surface area contributed by atoms with E-state index in [2.05, 4.69) is 40.2 Å². The Morgan fingerprint density at radius 1 is 1.21 bits per heavy atom. The lowest BCUT2D eigenvalue weighted by Crippen LogP contribution is -1.95. The highest BCUT2D eigenvalue weighted by Crippen LogP contribution is 2.10. The van der Waals surface area contributed by atoms with Crippen LogP contribution in [0.2, 0.25) is 0 Å². The molecule has 3 heteroatoms. The number of hydrogen-bond acceptors (Lipinski definition) is 1. The number of aryl methyl sites for hydroxylation is 1. The number of rotatable bonds is 5. The molecule has 76 valence electrons. The van der Waals surface area contributed by atoms with Gasteiger partial charge in [-0.1, -0.05) is 40.2 Å². The van der Waals surface area contributed by atoms with E-state index >= 15 is 0 Å². The average Bonchev–Trinajstić information content (AvgIpc) is 2.18. The van der Waals surface area contributed by atoms with Crippen molar-refractivity contribution in [3.63, 3.8) is 0 Å². The van der Waals surface area contributed by atoms with E-state index in [1.165, 1.54) is 11.1 Å². The van der Waals surface area contributed by atoms with Crippen molar-refractivity contribution in [2.45, 2.75) is 24.6 Å². The molecule has 0 saturated carbocycles. The summed E-state index contributed by atoms with van der Waals surface area (Å²) in [5.74, 6) is -0.720. The van der Waals surface area contributed by atoms with Crippen LogP contribution in [0.15, 0.2) is 24.3 Å². The topological polar surface area (TPSA) is 37.3 Å². The first-order chi connectivity index (χ1) is 6.72. The van der Waals surface area contributed by atoms with Crippen molar-refractivity contribution in [1.82, 2.24) is 0 Å². The van der Waals surface area contributed by atoms with Gasteiger partial charge >= 0.3 is 5.97 Å². The Kier molecular flexibility index (Phi) is 4.66. The second-order valence-electron chi connectivity index (χ2n) is 3.20. The van der Waals surface area contributed by atoms with Crippen LogP contribution >= 0.6 is 15.9 Å². The van der Waals surface area contributed by atoms with Crippen LogP contribution in [0.25, 0.3) is 0 Å². The van der Waals surface area contributed by atoms with Crippen molar-refractivity contribution in [3.05, 3.63) is 35.4 Å². The lowest BCUT2D eigenvalue weighted by Gasteiger charge is -2.00. The van der Waals surface area contributed by atoms with Gasteiger partial charge in [-0.25, -0.2) is 0 Å². The third-order valence-electron chi connectivity index (χ3n) is 2.03. The Bertz CT molecular complexity index is 293. The Labute approximate surface area is 92.1 Å². The van der Waals surface area contributed by atoms with Crippen molar-refractivity contribution < 1.29 is 9.90 Å². The van der Waals surface area contributed by atoms with Gasteiger partial charge in [-0.2, -0.15) is 0 Å². The Morgan fingerprint density at radius 2 is 1.79 bits per heavy atom. The summed E-state index contributed by atoms with van der Waals surface area (Å²) in [4.78, 5) is 10.3. The molecule has 0 fully saturated rings. The van der Waals surface area contributed by atoms with Crippen molar-refractivity contribution in [2.24, 2.45) is 0 Å². The van der Waals surface area contributed by atoms with E-state index in [1.807, 2.05) is 0 Å². The van der Waals surface area contributed by atoms with E-state index < -0.39 is 5.97 Å². The van der Waals surface area contributed by atoms with Crippen molar-refractivity contribution >= 4 is 21.9 Å². The SMILES string of the molecule is O=C(O)CCCc1ccc(CBr)cc1. The third-order valence-corrected chi connectivity index (χ3v) is 2.68. The number of carboxylic acids is 1. The predicted octanol–water partition coefficient (Wildman–Crippen LogP) is 2.99. The van der Waals surface area contributed by atoms with Gasteiger partial charge < -0.3 is 5.11 Å². The zero-order valence-electron chi connectivity index (χ0n) is 7.87. The minimum Gasteiger partial charge on any atom is -0.481 e. The molecule has 1 N–H and O–H groups in total. The predicted molar refractivity (Wildman–Crippen MR) is 59.6 cm³/mol. The van der Waals surface area contributed by atoms with Crippen LogP contribution in [0.3, 0.4) is 0 Å². The molecule has 0 aromatic heterocycles. The van der Waals surface area contributed by atoms with E-state index in [-0.39, 0.29) is 6.42 Å². The monoisotopic (exact) mass is 256 g/mol. The summed E-state index contributed by atoms with van der Waals surface area (Å²) >= 11 is 3.38. The number of benzene rings is 1.